The molecule has 0 saturated carbocycles. The largest absolute Gasteiger partial charge is 0.496 e. The van der Waals surface area contributed by atoms with Gasteiger partial charge >= 0.3 is 0 Å². The van der Waals surface area contributed by atoms with Crippen LogP contribution in [0.4, 0.5) is 4.39 Å². The molecule has 4 heteroatoms. The predicted molar refractivity (Wildman–Crippen MR) is 79.5 cm³/mol. The molecule has 0 fully saturated rings. The minimum absolute atomic E-state index is 0.287. The minimum atomic E-state index is -0.334. The monoisotopic (exact) mass is 342 g/mol. The van der Waals surface area contributed by atoms with Crippen LogP contribution in [0.15, 0.2) is 40.9 Å². The van der Waals surface area contributed by atoms with E-state index in [9.17, 15) is 4.39 Å². The summed E-state index contributed by atoms with van der Waals surface area (Å²) in [4.78, 5) is 0. The Morgan fingerprint density at radius 3 is 2.53 bits per heavy atom. The van der Waals surface area contributed by atoms with Gasteiger partial charge in [-0.3, -0.25) is 0 Å². The predicted octanol–water partition coefficient (Wildman–Crippen LogP) is 5.23. The third-order valence-electron chi connectivity index (χ3n) is 2.95. The first-order chi connectivity index (χ1) is 9.02. The molecule has 0 spiro atoms. The molecule has 1 atom stereocenters. The molecule has 0 heterocycles. The van der Waals surface area contributed by atoms with Crippen molar-refractivity contribution < 1.29 is 9.13 Å². The standard InChI is InChI=1S/C15H13BrClFO/c1-9-7-10(3-6-14(9)19-2)15(17)12-5-4-11(18)8-13(12)16/h3-8,15H,1-2H3. The van der Waals surface area contributed by atoms with E-state index < -0.39 is 0 Å². The van der Waals surface area contributed by atoms with Crippen LogP contribution in [-0.4, -0.2) is 7.11 Å². The SMILES string of the molecule is COc1ccc(C(Cl)c2ccc(F)cc2Br)cc1C. The number of hydrogen-bond acceptors (Lipinski definition) is 1. The van der Waals surface area contributed by atoms with Crippen LogP contribution in [0, 0.1) is 12.7 Å². The lowest BCUT2D eigenvalue weighted by atomic mass is 10.0. The molecule has 0 aliphatic heterocycles. The van der Waals surface area contributed by atoms with Crippen LogP contribution in [0.2, 0.25) is 0 Å². The van der Waals surface area contributed by atoms with Gasteiger partial charge in [0.2, 0.25) is 0 Å². The third-order valence-corrected chi connectivity index (χ3v) is 4.12. The number of ether oxygens (including phenoxy) is 1. The van der Waals surface area contributed by atoms with Crippen LogP contribution in [-0.2, 0) is 0 Å². The zero-order valence-electron chi connectivity index (χ0n) is 10.6. The summed E-state index contributed by atoms with van der Waals surface area (Å²) >= 11 is 9.81. The number of alkyl halides is 1. The molecule has 19 heavy (non-hydrogen) atoms. The summed E-state index contributed by atoms with van der Waals surface area (Å²) in [6.07, 6.45) is 0. The molecule has 1 nitrogen and oxygen atoms in total. The van der Waals surface area contributed by atoms with Gasteiger partial charge in [-0.25, -0.2) is 4.39 Å². The van der Waals surface area contributed by atoms with E-state index in [2.05, 4.69) is 15.9 Å². The Kier molecular flexibility index (Phi) is 4.48. The number of rotatable bonds is 3. The van der Waals surface area contributed by atoms with Crippen molar-refractivity contribution in [3.05, 3.63) is 63.4 Å². The molecule has 0 amide bonds. The zero-order chi connectivity index (χ0) is 14.0. The molecule has 0 N–H and O–H groups in total. The number of halogens is 3. The Morgan fingerprint density at radius 1 is 1.21 bits per heavy atom. The average molecular weight is 344 g/mol. The van der Waals surface area contributed by atoms with Gasteiger partial charge in [-0.05, 0) is 41.8 Å². The van der Waals surface area contributed by atoms with Gasteiger partial charge in [0.1, 0.15) is 11.6 Å². The molecule has 100 valence electrons. The van der Waals surface area contributed by atoms with Gasteiger partial charge < -0.3 is 4.74 Å². The van der Waals surface area contributed by atoms with E-state index in [-0.39, 0.29) is 11.2 Å². The number of benzene rings is 2. The highest BCUT2D eigenvalue weighted by molar-refractivity contribution is 9.10. The highest BCUT2D eigenvalue weighted by Gasteiger charge is 2.15. The lowest BCUT2D eigenvalue weighted by Gasteiger charge is -2.14. The molecule has 0 aromatic heterocycles. The summed E-state index contributed by atoms with van der Waals surface area (Å²) in [5.41, 5.74) is 2.81. The van der Waals surface area contributed by atoms with Crippen LogP contribution in [0.3, 0.4) is 0 Å². The number of methoxy groups -OCH3 is 1. The Morgan fingerprint density at radius 2 is 1.95 bits per heavy atom. The second-order valence-corrected chi connectivity index (χ2v) is 5.55. The van der Waals surface area contributed by atoms with Gasteiger partial charge in [0.05, 0.1) is 12.5 Å². The maximum atomic E-state index is 13.1. The van der Waals surface area contributed by atoms with Crippen LogP contribution in [0.1, 0.15) is 22.1 Å². The van der Waals surface area contributed by atoms with E-state index in [1.807, 2.05) is 25.1 Å². The van der Waals surface area contributed by atoms with E-state index in [0.29, 0.717) is 4.47 Å². The van der Waals surface area contributed by atoms with Gasteiger partial charge in [0.15, 0.2) is 0 Å². The molecule has 2 aromatic carbocycles. The van der Waals surface area contributed by atoms with Crippen molar-refractivity contribution in [1.82, 2.24) is 0 Å². The van der Waals surface area contributed by atoms with Crippen molar-refractivity contribution in [3.63, 3.8) is 0 Å². The van der Waals surface area contributed by atoms with Gasteiger partial charge in [-0.2, -0.15) is 0 Å². The molecule has 0 radical (unpaired) electrons. The maximum Gasteiger partial charge on any atom is 0.124 e. The highest BCUT2D eigenvalue weighted by Crippen LogP contribution is 2.35. The van der Waals surface area contributed by atoms with Crippen molar-refractivity contribution in [3.8, 4) is 5.75 Å². The molecule has 0 aliphatic carbocycles. The summed E-state index contributed by atoms with van der Waals surface area (Å²) in [7, 11) is 1.64. The van der Waals surface area contributed by atoms with Gasteiger partial charge in [0.25, 0.3) is 0 Å². The van der Waals surface area contributed by atoms with Gasteiger partial charge in [0, 0.05) is 4.47 Å². The van der Waals surface area contributed by atoms with E-state index in [0.717, 1.165) is 22.4 Å². The van der Waals surface area contributed by atoms with E-state index in [1.165, 1.54) is 12.1 Å². The quantitative estimate of drug-likeness (QED) is 0.693. The number of hydrogen-bond donors (Lipinski definition) is 0. The lowest BCUT2D eigenvalue weighted by Crippen LogP contribution is -1.97. The third kappa shape index (κ3) is 3.10. The second kappa shape index (κ2) is 5.93. The van der Waals surface area contributed by atoms with Crippen molar-refractivity contribution >= 4 is 27.5 Å². The minimum Gasteiger partial charge on any atom is -0.496 e. The van der Waals surface area contributed by atoms with Crippen molar-refractivity contribution in [1.29, 1.82) is 0 Å². The van der Waals surface area contributed by atoms with Crippen LogP contribution < -0.4 is 4.74 Å². The molecule has 1 unspecified atom stereocenters. The Balaban J connectivity index is 2.38. The smallest absolute Gasteiger partial charge is 0.124 e. The summed E-state index contributed by atoms with van der Waals surface area (Å²) in [5.74, 6) is 0.538. The van der Waals surface area contributed by atoms with Crippen LogP contribution in [0.25, 0.3) is 0 Å². The van der Waals surface area contributed by atoms with E-state index >= 15 is 0 Å². The zero-order valence-corrected chi connectivity index (χ0v) is 12.9. The molecule has 0 bridgehead atoms. The first-order valence-electron chi connectivity index (χ1n) is 5.76. The summed E-state index contributed by atoms with van der Waals surface area (Å²) in [5, 5.41) is -0.334. The second-order valence-electron chi connectivity index (χ2n) is 4.26. The Labute approximate surface area is 125 Å². The van der Waals surface area contributed by atoms with E-state index in [1.54, 1.807) is 13.2 Å². The summed E-state index contributed by atoms with van der Waals surface area (Å²) in [6, 6.07) is 10.3. The fourth-order valence-electron chi connectivity index (χ4n) is 1.95. The molecular formula is C15H13BrClFO. The molecule has 2 aromatic rings. The van der Waals surface area contributed by atoms with Crippen LogP contribution in [0.5, 0.6) is 5.75 Å². The fraction of sp³-hybridized carbons (Fsp3) is 0.200. The first-order valence-corrected chi connectivity index (χ1v) is 6.99. The lowest BCUT2D eigenvalue weighted by molar-refractivity contribution is 0.411. The van der Waals surface area contributed by atoms with Crippen molar-refractivity contribution in [2.75, 3.05) is 7.11 Å². The summed E-state index contributed by atoms with van der Waals surface area (Å²) in [6.45, 7) is 1.96. The molecule has 0 saturated heterocycles. The molecule has 2 rings (SSSR count). The fourth-order valence-corrected chi connectivity index (χ4v) is 2.98. The first kappa shape index (κ1) is 14.4. The molecule has 0 aliphatic rings. The van der Waals surface area contributed by atoms with Gasteiger partial charge in [-0.1, -0.05) is 34.1 Å². The summed E-state index contributed by atoms with van der Waals surface area (Å²) < 4.78 is 19.0. The average Bonchev–Trinajstić information content (AvgIpc) is 2.38. The van der Waals surface area contributed by atoms with Crippen molar-refractivity contribution in [2.45, 2.75) is 12.3 Å². The topological polar surface area (TPSA) is 9.23 Å². The molecular weight excluding hydrogens is 331 g/mol. The van der Waals surface area contributed by atoms with Crippen LogP contribution >= 0.6 is 27.5 Å². The van der Waals surface area contributed by atoms with Gasteiger partial charge in [-0.15, -0.1) is 11.6 Å². The normalized spacial score (nSPS) is 12.3. The number of aryl methyl sites for hydroxylation is 1. The van der Waals surface area contributed by atoms with E-state index in [4.69, 9.17) is 16.3 Å². The highest BCUT2D eigenvalue weighted by atomic mass is 79.9. The Bertz CT molecular complexity index is 601. The maximum absolute atomic E-state index is 13.1. The van der Waals surface area contributed by atoms with Crippen molar-refractivity contribution in [2.24, 2.45) is 0 Å². The Hall–Kier alpha value is -1.06.